The number of ether oxygens (including phenoxy) is 1. The van der Waals surface area contributed by atoms with Gasteiger partial charge in [-0.25, -0.2) is 0 Å². The fourth-order valence-corrected chi connectivity index (χ4v) is 8.63. The summed E-state index contributed by atoms with van der Waals surface area (Å²) in [6, 6.07) is 63.0. The van der Waals surface area contributed by atoms with Gasteiger partial charge in [0, 0.05) is 50.4 Å². The molecule has 1 atom stereocenters. The summed E-state index contributed by atoms with van der Waals surface area (Å²) < 4.78 is 13.3. The van der Waals surface area contributed by atoms with Crippen molar-refractivity contribution in [1.82, 2.24) is 0 Å². The largest absolute Gasteiger partial charge is 0.456 e. The van der Waals surface area contributed by atoms with Crippen molar-refractivity contribution in [1.29, 1.82) is 0 Å². The van der Waals surface area contributed by atoms with Gasteiger partial charge in [0.25, 0.3) is 0 Å². The van der Waals surface area contributed by atoms with Gasteiger partial charge < -0.3 is 14.1 Å². The second kappa shape index (κ2) is 10.2. The lowest BCUT2D eigenvalue weighted by atomic mass is 9.65. The summed E-state index contributed by atoms with van der Waals surface area (Å²) in [6.07, 6.45) is 0. The summed E-state index contributed by atoms with van der Waals surface area (Å²) in [5.41, 5.74) is 11.7. The molecule has 50 heavy (non-hydrogen) atoms. The van der Waals surface area contributed by atoms with Gasteiger partial charge in [0.2, 0.25) is 0 Å². The molecule has 1 unspecified atom stereocenters. The Kier molecular flexibility index (Phi) is 5.59. The fraction of sp³-hybridized carbons (Fsp3) is 0.0213. The van der Waals surface area contributed by atoms with Crippen LogP contribution in [0, 0.1) is 0 Å². The number of furan rings is 1. The Morgan fingerprint density at radius 1 is 0.400 bits per heavy atom. The van der Waals surface area contributed by atoms with Gasteiger partial charge in [-0.15, -0.1) is 0 Å². The van der Waals surface area contributed by atoms with E-state index < -0.39 is 5.41 Å². The Morgan fingerprint density at radius 3 is 2.00 bits per heavy atom. The predicted molar refractivity (Wildman–Crippen MR) is 203 cm³/mol. The third-order valence-corrected chi connectivity index (χ3v) is 10.7. The van der Waals surface area contributed by atoms with Crippen LogP contribution in [0.1, 0.15) is 22.3 Å². The van der Waals surface area contributed by atoms with E-state index in [-0.39, 0.29) is 0 Å². The van der Waals surface area contributed by atoms with E-state index in [2.05, 4.69) is 169 Å². The van der Waals surface area contributed by atoms with Gasteiger partial charge in [0.05, 0.1) is 5.41 Å². The molecule has 11 rings (SSSR count). The highest BCUT2D eigenvalue weighted by molar-refractivity contribution is 6.06. The Bertz CT molecular complexity index is 2810. The zero-order valence-electron chi connectivity index (χ0n) is 27.0. The van der Waals surface area contributed by atoms with Gasteiger partial charge >= 0.3 is 0 Å². The number of nitrogens with zero attached hydrogens (tertiary/aromatic N) is 1. The molecule has 0 saturated heterocycles. The molecule has 0 fully saturated rings. The standard InChI is InChI=1S/C47H29NO2/c1-2-13-31(14-3-1)48(33-24-26-38-37-17-7-10-20-43(37)49-45(38)29-33)32-23-25-36-35-16-6-8-18-39(35)47(42(36)28-32)40-19-9-11-21-44(40)50-46-34-15-5-4-12-30(34)22-27-41(46)47/h1-29H. The minimum Gasteiger partial charge on any atom is -0.456 e. The number of rotatable bonds is 3. The number of hydrogen-bond acceptors (Lipinski definition) is 3. The lowest BCUT2D eigenvalue weighted by Gasteiger charge is -2.40. The molecule has 2 heterocycles. The van der Waals surface area contributed by atoms with Crippen molar-refractivity contribution in [2.24, 2.45) is 0 Å². The summed E-state index contributed by atoms with van der Waals surface area (Å²) >= 11 is 0. The van der Waals surface area contributed by atoms with Crippen LogP contribution in [0.25, 0.3) is 43.8 Å². The van der Waals surface area contributed by atoms with E-state index in [1.165, 1.54) is 22.3 Å². The average molecular weight is 640 g/mol. The first-order valence-electron chi connectivity index (χ1n) is 17.1. The second-order valence-corrected chi connectivity index (χ2v) is 13.2. The van der Waals surface area contributed by atoms with Crippen molar-refractivity contribution in [2.45, 2.75) is 5.41 Å². The Balaban J connectivity index is 1.21. The quantitative estimate of drug-likeness (QED) is 0.192. The molecular formula is C47H29NO2. The zero-order chi connectivity index (χ0) is 32.8. The molecule has 0 amide bonds. The highest BCUT2D eigenvalue weighted by atomic mass is 16.5. The lowest BCUT2D eigenvalue weighted by molar-refractivity contribution is 0.441. The highest BCUT2D eigenvalue weighted by Gasteiger charge is 2.51. The van der Waals surface area contributed by atoms with Crippen molar-refractivity contribution in [3.8, 4) is 22.6 Å². The summed E-state index contributed by atoms with van der Waals surface area (Å²) in [5.74, 6) is 1.81. The molecule has 9 aromatic rings. The van der Waals surface area contributed by atoms with E-state index in [4.69, 9.17) is 9.15 Å². The first-order chi connectivity index (χ1) is 24.8. The molecule has 0 N–H and O–H groups in total. The predicted octanol–water partition coefficient (Wildman–Crippen LogP) is 12.7. The minimum atomic E-state index is -0.582. The molecule has 0 saturated carbocycles. The van der Waals surface area contributed by atoms with Gasteiger partial charge in [-0.05, 0) is 76.2 Å². The second-order valence-electron chi connectivity index (χ2n) is 13.2. The number of para-hydroxylation sites is 3. The van der Waals surface area contributed by atoms with E-state index in [0.717, 1.165) is 72.4 Å². The van der Waals surface area contributed by atoms with Gasteiger partial charge in [-0.1, -0.05) is 121 Å². The smallest absolute Gasteiger partial charge is 0.140 e. The highest BCUT2D eigenvalue weighted by Crippen LogP contribution is 2.63. The van der Waals surface area contributed by atoms with Crippen LogP contribution in [-0.2, 0) is 5.41 Å². The molecule has 1 aromatic heterocycles. The van der Waals surface area contributed by atoms with Crippen molar-refractivity contribution in [3.05, 3.63) is 198 Å². The minimum absolute atomic E-state index is 0.582. The number of anilines is 3. The Morgan fingerprint density at radius 2 is 1.08 bits per heavy atom. The first-order valence-corrected chi connectivity index (χ1v) is 17.1. The van der Waals surface area contributed by atoms with Crippen LogP contribution in [0.2, 0.25) is 0 Å². The molecule has 2 aliphatic rings. The van der Waals surface area contributed by atoms with Crippen LogP contribution >= 0.6 is 0 Å². The molecule has 0 bridgehead atoms. The van der Waals surface area contributed by atoms with Gasteiger partial charge in [0.15, 0.2) is 0 Å². The van der Waals surface area contributed by atoms with Crippen molar-refractivity contribution in [2.75, 3.05) is 4.90 Å². The molecule has 8 aromatic carbocycles. The van der Waals surface area contributed by atoms with Crippen LogP contribution in [0.5, 0.6) is 11.5 Å². The zero-order valence-corrected chi connectivity index (χ0v) is 27.0. The number of fused-ring (bicyclic) bond motifs is 14. The lowest BCUT2D eigenvalue weighted by Crippen LogP contribution is -2.32. The van der Waals surface area contributed by atoms with Crippen LogP contribution in [0.3, 0.4) is 0 Å². The fourth-order valence-electron chi connectivity index (χ4n) is 8.63. The summed E-state index contributed by atoms with van der Waals surface area (Å²) in [4.78, 5) is 2.34. The van der Waals surface area contributed by atoms with E-state index >= 15 is 0 Å². The molecule has 234 valence electrons. The summed E-state index contributed by atoms with van der Waals surface area (Å²) in [7, 11) is 0. The van der Waals surface area contributed by atoms with Gasteiger partial charge in [-0.2, -0.15) is 0 Å². The molecule has 3 nitrogen and oxygen atoms in total. The molecule has 1 aliphatic carbocycles. The van der Waals surface area contributed by atoms with E-state index in [1.54, 1.807) is 0 Å². The van der Waals surface area contributed by atoms with Gasteiger partial charge in [0.1, 0.15) is 22.7 Å². The van der Waals surface area contributed by atoms with Crippen LogP contribution in [-0.4, -0.2) is 0 Å². The average Bonchev–Trinajstić information content (AvgIpc) is 3.69. The van der Waals surface area contributed by atoms with Crippen molar-refractivity contribution < 1.29 is 9.15 Å². The number of hydrogen-bond donors (Lipinski definition) is 0. The van der Waals surface area contributed by atoms with Gasteiger partial charge in [-0.3, -0.25) is 0 Å². The monoisotopic (exact) mass is 639 g/mol. The van der Waals surface area contributed by atoms with Crippen LogP contribution in [0.15, 0.2) is 180 Å². The topological polar surface area (TPSA) is 25.6 Å². The summed E-state index contributed by atoms with van der Waals surface area (Å²) in [5, 5.41) is 4.52. The molecule has 3 heteroatoms. The SMILES string of the molecule is c1ccc(N(c2ccc3c(c2)C2(c4ccccc4Oc4c2ccc2ccccc42)c2ccccc2-3)c2ccc3c(c2)oc2ccccc23)cc1. The molecule has 0 radical (unpaired) electrons. The number of benzene rings is 8. The maximum Gasteiger partial charge on any atom is 0.140 e. The third kappa shape index (κ3) is 3.64. The molecular weight excluding hydrogens is 611 g/mol. The normalized spacial score (nSPS) is 15.4. The van der Waals surface area contributed by atoms with Crippen LogP contribution < -0.4 is 9.64 Å². The van der Waals surface area contributed by atoms with Crippen molar-refractivity contribution >= 4 is 49.8 Å². The van der Waals surface area contributed by atoms with Crippen molar-refractivity contribution in [3.63, 3.8) is 0 Å². The van der Waals surface area contributed by atoms with E-state index in [1.807, 2.05) is 12.1 Å². The maximum absolute atomic E-state index is 6.87. The Hall–Kier alpha value is -6.58. The van der Waals surface area contributed by atoms with E-state index in [0.29, 0.717) is 0 Å². The summed E-state index contributed by atoms with van der Waals surface area (Å²) in [6.45, 7) is 0. The molecule has 1 spiro atoms. The molecule has 1 aliphatic heterocycles. The van der Waals surface area contributed by atoms with E-state index in [9.17, 15) is 0 Å². The van der Waals surface area contributed by atoms with Crippen LogP contribution in [0.4, 0.5) is 17.1 Å². The maximum atomic E-state index is 6.87. The first kappa shape index (κ1) is 27.4. The third-order valence-electron chi connectivity index (χ3n) is 10.7. The Labute approximate surface area is 289 Å².